The Kier molecular flexibility index (Phi) is 36.9. The molecule has 256 valence electrons. The number of unbranched alkanes of at least 4 members (excludes halogenated alkanes) is 27. The van der Waals surface area contributed by atoms with E-state index in [1.165, 1.54) is 167 Å². The monoisotopic (exact) mass is 627 g/mol. The third kappa shape index (κ3) is 39.3. The minimum absolute atomic E-state index is 0.0869. The summed E-state index contributed by atoms with van der Waals surface area (Å²) < 4.78 is 5.33. The van der Waals surface area contributed by atoms with Crippen molar-refractivity contribution in [3.05, 3.63) is 0 Å². The third-order valence-corrected chi connectivity index (χ3v) is 9.76. The highest BCUT2D eigenvalue weighted by molar-refractivity contribution is 7.99. The summed E-state index contributed by atoms with van der Waals surface area (Å²) in [5.74, 6) is 0.923. The van der Waals surface area contributed by atoms with Gasteiger partial charge in [-0.05, 0) is 30.8 Å². The molecule has 1 N–H and O–H groups in total. The van der Waals surface area contributed by atoms with Crippen LogP contribution in [-0.4, -0.2) is 35.2 Å². The van der Waals surface area contributed by atoms with Crippen molar-refractivity contribution < 1.29 is 19.4 Å². The smallest absolute Gasteiger partial charge is 0.305 e. The van der Waals surface area contributed by atoms with E-state index in [1.54, 1.807) is 11.8 Å². The first-order valence-electron chi connectivity index (χ1n) is 19.1. The summed E-state index contributed by atoms with van der Waals surface area (Å²) in [6, 6.07) is 0. The fourth-order valence-electron chi connectivity index (χ4n) is 5.78. The van der Waals surface area contributed by atoms with Gasteiger partial charge in [0.25, 0.3) is 0 Å². The zero-order valence-corrected chi connectivity index (χ0v) is 29.6. The number of thioether (sulfide) groups is 1. The summed E-state index contributed by atoms with van der Waals surface area (Å²) in [7, 11) is 0. The highest BCUT2D eigenvalue weighted by Gasteiger charge is 2.03. The second-order valence-corrected chi connectivity index (χ2v) is 14.2. The Hall–Kier alpha value is -0.710. The molecular weight excluding hydrogens is 552 g/mol. The van der Waals surface area contributed by atoms with Crippen LogP contribution < -0.4 is 0 Å². The predicted molar refractivity (Wildman–Crippen MR) is 189 cm³/mol. The van der Waals surface area contributed by atoms with Crippen LogP contribution in [0.2, 0.25) is 0 Å². The number of carbonyl (C=O) groups is 2. The van der Waals surface area contributed by atoms with E-state index in [4.69, 9.17) is 9.84 Å². The van der Waals surface area contributed by atoms with Crippen molar-refractivity contribution in [2.24, 2.45) is 0 Å². The standard InChI is InChI=1S/C38H74O4S/c1-2-3-4-5-6-7-8-9-10-11-12-13-14-15-16-17-18-19-20-21-22-23-24-25-26-27-28-29-34-42-38(41)33-31-36-43-35-30-32-37(39)40/h2-36H2,1H3,(H,39,40). The zero-order chi connectivity index (χ0) is 31.3. The maximum absolute atomic E-state index is 11.8. The molecule has 0 radical (unpaired) electrons. The van der Waals surface area contributed by atoms with Crippen LogP contribution in [0.4, 0.5) is 0 Å². The first-order valence-corrected chi connectivity index (χ1v) is 20.3. The molecular formula is C38H74O4S. The summed E-state index contributed by atoms with van der Waals surface area (Å²) in [5.41, 5.74) is 0. The zero-order valence-electron chi connectivity index (χ0n) is 28.8. The van der Waals surface area contributed by atoms with Gasteiger partial charge < -0.3 is 9.84 Å². The lowest BCUT2D eigenvalue weighted by molar-refractivity contribution is -0.143. The predicted octanol–water partition coefficient (Wildman–Crippen LogP) is 12.9. The molecule has 0 aromatic carbocycles. The maximum atomic E-state index is 11.8. The van der Waals surface area contributed by atoms with Crippen LogP contribution in [0.15, 0.2) is 0 Å². The average Bonchev–Trinajstić information content (AvgIpc) is 2.99. The van der Waals surface area contributed by atoms with Gasteiger partial charge >= 0.3 is 11.9 Å². The lowest BCUT2D eigenvalue weighted by Crippen LogP contribution is -2.06. The largest absolute Gasteiger partial charge is 0.481 e. The number of aliphatic carboxylic acids is 1. The maximum Gasteiger partial charge on any atom is 0.305 e. The van der Waals surface area contributed by atoms with Gasteiger partial charge in [0.15, 0.2) is 0 Å². The minimum Gasteiger partial charge on any atom is -0.481 e. The van der Waals surface area contributed by atoms with E-state index in [1.807, 2.05) is 0 Å². The summed E-state index contributed by atoms with van der Waals surface area (Å²) >= 11 is 1.72. The molecule has 0 aliphatic heterocycles. The van der Waals surface area contributed by atoms with E-state index in [-0.39, 0.29) is 12.4 Å². The fraction of sp³-hybridized carbons (Fsp3) is 0.947. The number of hydrogen-bond acceptors (Lipinski definition) is 4. The molecule has 0 rings (SSSR count). The van der Waals surface area contributed by atoms with E-state index in [0.717, 1.165) is 30.8 Å². The van der Waals surface area contributed by atoms with Crippen molar-refractivity contribution in [1.82, 2.24) is 0 Å². The molecule has 0 aliphatic rings. The first-order chi connectivity index (χ1) is 21.2. The molecule has 0 aliphatic carbocycles. The molecule has 0 saturated heterocycles. The van der Waals surface area contributed by atoms with Gasteiger partial charge in [-0.25, -0.2) is 0 Å². The molecule has 0 atom stereocenters. The second-order valence-electron chi connectivity index (χ2n) is 13.0. The molecule has 0 unspecified atom stereocenters. The molecule has 0 spiro atoms. The van der Waals surface area contributed by atoms with Crippen LogP contribution in [0.5, 0.6) is 0 Å². The van der Waals surface area contributed by atoms with E-state index in [2.05, 4.69) is 6.92 Å². The van der Waals surface area contributed by atoms with Gasteiger partial charge in [0.05, 0.1) is 6.61 Å². The van der Waals surface area contributed by atoms with Gasteiger partial charge in [-0.3, -0.25) is 9.59 Å². The molecule has 0 saturated carbocycles. The first kappa shape index (κ1) is 42.3. The Bertz CT molecular complexity index is 568. The second kappa shape index (κ2) is 37.5. The highest BCUT2D eigenvalue weighted by atomic mass is 32.2. The third-order valence-electron chi connectivity index (χ3n) is 8.61. The topological polar surface area (TPSA) is 63.6 Å². The van der Waals surface area contributed by atoms with Crippen molar-refractivity contribution in [2.75, 3.05) is 18.1 Å². The van der Waals surface area contributed by atoms with E-state index in [0.29, 0.717) is 19.4 Å². The lowest BCUT2D eigenvalue weighted by atomic mass is 10.0. The Morgan fingerprint density at radius 1 is 0.442 bits per heavy atom. The van der Waals surface area contributed by atoms with Gasteiger partial charge in [0, 0.05) is 12.8 Å². The van der Waals surface area contributed by atoms with Gasteiger partial charge in [0.2, 0.25) is 0 Å². The minimum atomic E-state index is -0.736. The quantitative estimate of drug-likeness (QED) is 0.0549. The molecule has 43 heavy (non-hydrogen) atoms. The van der Waals surface area contributed by atoms with Crippen LogP contribution in [0, 0.1) is 0 Å². The molecule has 4 nitrogen and oxygen atoms in total. The number of rotatable bonds is 37. The summed E-state index contributed by atoms with van der Waals surface area (Å²) in [4.78, 5) is 22.2. The summed E-state index contributed by atoms with van der Waals surface area (Å²) in [6.45, 7) is 2.86. The number of hydrogen-bond donors (Lipinski definition) is 1. The van der Waals surface area contributed by atoms with Crippen LogP contribution in [-0.2, 0) is 14.3 Å². The van der Waals surface area contributed by atoms with Crippen molar-refractivity contribution in [1.29, 1.82) is 0 Å². The number of esters is 1. The van der Waals surface area contributed by atoms with Crippen LogP contribution in [0.25, 0.3) is 0 Å². The van der Waals surface area contributed by atoms with E-state index < -0.39 is 5.97 Å². The number of ether oxygens (including phenoxy) is 1. The number of carboxylic acids is 1. The Labute approximate surface area is 273 Å². The molecule has 5 heteroatoms. The number of carboxylic acid groups (broad SMARTS) is 1. The van der Waals surface area contributed by atoms with E-state index in [9.17, 15) is 9.59 Å². The summed E-state index contributed by atoms with van der Waals surface area (Å²) in [5, 5.41) is 8.60. The van der Waals surface area contributed by atoms with Crippen molar-refractivity contribution in [3.8, 4) is 0 Å². The normalized spacial score (nSPS) is 11.3. The van der Waals surface area contributed by atoms with Crippen LogP contribution in [0.1, 0.15) is 212 Å². The van der Waals surface area contributed by atoms with Crippen molar-refractivity contribution in [3.63, 3.8) is 0 Å². The molecule has 0 amide bonds. The molecule has 0 bridgehead atoms. The highest BCUT2D eigenvalue weighted by Crippen LogP contribution is 2.16. The van der Waals surface area contributed by atoms with Crippen molar-refractivity contribution >= 4 is 23.7 Å². The van der Waals surface area contributed by atoms with Crippen molar-refractivity contribution in [2.45, 2.75) is 212 Å². The number of carbonyl (C=O) groups excluding carboxylic acids is 1. The van der Waals surface area contributed by atoms with Gasteiger partial charge in [0.1, 0.15) is 0 Å². The molecule has 0 aromatic rings. The van der Waals surface area contributed by atoms with E-state index >= 15 is 0 Å². The van der Waals surface area contributed by atoms with Gasteiger partial charge in [-0.2, -0.15) is 11.8 Å². The Morgan fingerprint density at radius 3 is 1.07 bits per heavy atom. The SMILES string of the molecule is CCCCCCCCCCCCCCCCCCCCCCCCCCCCCCOC(=O)CCCSCCCC(=O)O. The Balaban J connectivity index is 3.11. The van der Waals surface area contributed by atoms with Crippen LogP contribution >= 0.6 is 11.8 Å². The average molecular weight is 627 g/mol. The van der Waals surface area contributed by atoms with Gasteiger partial charge in [-0.15, -0.1) is 0 Å². The Morgan fingerprint density at radius 2 is 0.744 bits per heavy atom. The molecule has 0 heterocycles. The molecule has 0 aromatic heterocycles. The van der Waals surface area contributed by atoms with Gasteiger partial charge in [-0.1, -0.05) is 180 Å². The fourth-order valence-corrected chi connectivity index (χ4v) is 6.68. The molecule has 0 fully saturated rings. The summed E-state index contributed by atoms with van der Waals surface area (Å²) in [6.07, 6.45) is 41.5. The lowest BCUT2D eigenvalue weighted by Gasteiger charge is -2.06. The van der Waals surface area contributed by atoms with Crippen LogP contribution in [0.3, 0.4) is 0 Å².